The fourth-order valence-electron chi connectivity index (χ4n) is 2.45. The molecule has 94 valence electrons. The number of ether oxygens (including phenoxy) is 2. The highest BCUT2D eigenvalue weighted by atomic mass is 16.5. The molecule has 0 aromatic carbocycles. The van der Waals surface area contributed by atoms with Crippen LogP contribution < -0.4 is 0 Å². The first-order valence-electron chi connectivity index (χ1n) is 5.82. The van der Waals surface area contributed by atoms with Gasteiger partial charge in [-0.1, -0.05) is 0 Å². The SMILES string of the molecule is CCOC(=O)CN1CC(C)(C)OC(C)(C)C1. The normalized spacial score (nSPS) is 24.1. The molecule has 0 spiro atoms. The third kappa shape index (κ3) is 4.10. The van der Waals surface area contributed by atoms with Crippen LogP contribution in [0, 0.1) is 0 Å². The quantitative estimate of drug-likeness (QED) is 0.686. The van der Waals surface area contributed by atoms with E-state index in [1.165, 1.54) is 0 Å². The highest BCUT2D eigenvalue weighted by molar-refractivity contribution is 5.71. The number of hydrogen-bond donors (Lipinski definition) is 0. The molecule has 0 radical (unpaired) electrons. The van der Waals surface area contributed by atoms with Crippen molar-refractivity contribution < 1.29 is 14.3 Å². The van der Waals surface area contributed by atoms with Crippen LogP contribution in [0.1, 0.15) is 34.6 Å². The van der Waals surface area contributed by atoms with Gasteiger partial charge >= 0.3 is 5.97 Å². The Morgan fingerprint density at radius 2 is 1.75 bits per heavy atom. The smallest absolute Gasteiger partial charge is 0.320 e. The summed E-state index contributed by atoms with van der Waals surface area (Å²) in [5, 5.41) is 0. The van der Waals surface area contributed by atoms with Crippen LogP contribution >= 0.6 is 0 Å². The Labute approximate surface area is 97.9 Å². The first-order valence-corrected chi connectivity index (χ1v) is 5.82. The van der Waals surface area contributed by atoms with Crippen LogP contribution in [0.3, 0.4) is 0 Å². The molecule has 1 heterocycles. The maximum atomic E-state index is 11.4. The summed E-state index contributed by atoms with van der Waals surface area (Å²) >= 11 is 0. The number of rotatable bonds is 3. The van der Waals surface area contributed by atoms with E-state index in [1.54, 1.807) is 0 Å². The molecular weight excluding hydrogens is 206 g/mol. The van der Waals surface area contributed by atoms with Crippen molar-refractivity contribution in [2.24, 2.45) is 0 Å². The lowest BCUT2D eigenvalue weighted by Crippen LogP contribution is -2.58. The van der Waals surface area contributed by atoms with Crippen LogP contribution in [0.25, 0.3) is 0 Å². The van der Waals surface area contributed by atoms with Gasteiger partial charge < -0.3 is 9.47 Å². The predicted octanol–water partition coefficient (Wildman–Crippen LogP) is 1.44. The maximum Gasteiger partial charge on any atom is 0.320 e. The molecule has 4 nitrogen and oxygen atoms in total. The molecule has 0 unspecified atom stereocenters. The molecule has 1 fully saturated rings. The molecule has 1 aliphatic heterocycles. The minimum Gasteiger partial charge on any atom is -0.465 e. The molecule has 0 aliphatic carbocycles. The van der Waals surface area contributed by atoms with Crippen molar-refractivity contribution in [2.45, 2.75) is 45.8 Å². The minimum absolute atomic E-state index is 0.156. The molecule has 4 heteroatoms. The van der Waals surface area contributed by atoms with Crippen molar-refractivity contribution in [3.8, 4) is 0 Å². The Hall–Kier alpha value is -0.610. The van der Waals surface area contributed by atoms with E-state index in [0.29, 0.717) is 13.2 Å². The van der Waals surface area contributed by atoms with Crippen molar-refractivity contribution in [1.29, 1.82) is 0 Å². The van der Waals surface area contributed by atoms with Crippen molar-refractivity contribution in [1.82, 2.24) is 4.90 Å². The molecule has 0 saturated carbocycles. The number of esters is 1. The van der Waals surface area contributed by atoms with Gasteiger partial charge in [0.2, 0.25) is 0 Å². The highest BCUT2D eigenvalue weighted by Gasteiger charge is 2.38. The average molecular weight is 229 g/mol. The molecule has 0 atom stereocenters. The second-order valence-electron chi connectivity index (χ2n) is 5.57. The Morgan fingerprint density at radius 3 is 2.19 bits per heavy atom. The number of hydrogen-bond acceptors (Lipinski definition) is 4. The number of morpholine rings is 1. The summed E-state index contributed by atoms with van der Waals surface area (Å²) in [5.41, 5.74) is -0.428. The van der Waals surface area contributed by atoms with Crippen molar-refractivity contribution in [2.75, 3.05) is 26.2 Å². The van der Waals surface area contributed by atoms with Crippen molar-refractivity contribution in [3.05, 3.63) is 0 Å². The Bertz CT molecular complexity index is 245. The van der Waals surface area contributed by atoms with Gasteiger partial charge in [-0.05, 0) is 34.6 Å². The average Bonchev–Trinajstić information content (AvgIpc) is 1.96. The molecule has 0 aromatic rings. The van der Waals surface area contributed by atoms with Crippen LogP contribution in [-0.4, -0.2) is 48.3 Å². The molecule has 0 aromatic heterocycles. The van der Waals surface area contributed by atoms with Gasteiger partial charge in [0.1, 0.15) is 0 Å². The van der Waals surface area contributed by atoms with Crippen LogP contribution in [0.15, 0.2) is 0 Å². The molecule has 1 saturated heterocycles. The van der Waals surface area contributed by atoms with Crippen LogP contribution in [0.4, 0.5) is 0 Å². The standard InChI is InChI=1S/C12H23NO3/c1-6-15-10(14)7-13-8-11(2,3)16-12(4,5)9-13/h6-9H2,1-5H3. The summed E-state index contributed by atoms with van der Waals surface area (Å²) in [5.74, 6) is -0.156. The zero-order chi connectivity index (χ0) is 12.4. The van der Waals surface area contributed by atoms with Gasteiger partial charge in [-0.25, -0.2) is 0 Å². The van der Waals surface area contributed by atoms with E-state index < -0.39 is 0 Å². The zero-order valence-electron chi connectivity index (χ0n) is 11.0. The van der Waals surface area contributed by atoms with Gasteiger partial charge in [0.05, 0.1) is 24.4 Å². The highest BCUT2D eigenvalue weighted by Crippen LogP contribution is 2.27. The Morgan fingerprint density at radius 1 is 1.25 bits per heavy atom. The summed E-state index contributed by atoms with van der Waals surface area (Å²) < 4.78 is 10.9. The predicted molar refractivity (Wildman–Crippen MR) is 62.3 cm³/mol. The van der Waals surface area contributed by atoms with Crippen LogP contribution in [0.5, 0.6) is 0 Å². The van der Waals surface area contributed by atoms with E-state index in [2.05, 4.69) is 4.90 Å². The summed E-state index contributed by atoms with van der Waals surface area (Å²) in [6.07, 6.45) is 0. The van der Waals surface area contributed by atoms with Crippen LogP contribution in [-0.2, 0) is 14.3 Å². The maximum absolute atomic E-state index is 11.4. The number of carbonyl (C=O) groups is 1. The first kappa shape index (κ1) is 13.5. The third-order valence-electron chi connectivity index (χ3n) is 2.42. The first-order chi connectivity index (χ1) is 7.24. The van der Waals surface area contributed by atoms with Gasteiger partial charge in [-0.15, -0.1) is 0 Å². The molecule has 1 aliphatic rings. The molecule has 0 bridgehead atoms. The zero-order valence-corrected chi connectivity index (χ0v) is 11.0. The lowest BCUT2D eigenvalue weighted by atomic mass is 9.99. The second kappa shape index (κ2) is 4.72. The molecule has 16 heavy (non-hydrogen) atoms. The largest absolute Gasteiger partial charge is 0.465 e. The van der Waals surface area contributed by atoms with Gasteiger partial charge in [0.25, 0.3) is 0 Å². The van der Waals surface area contributed by atoms with Gasteiger partial charge in [-0.2, -0.15) is 0 Å². The van der Waals surface area contributed by atoms with E-state index >= 15 is 0 Å². The fraction of sp³-hybridized carbons (Fsp3) is 0.917. The van der Waals surface area contributed by atoms with E-state index in [0.717, 1.165) is 13.1 Å². The second-order valence-corrected chi connectivity index (χ2v) is 5.57. The van der Waals surface area contributed by atoms with E-state index in [4.69, 9.17) is 9.47 Å². The molecule has 1 rings (SSSR count). The molecular formula is C12H23NO3. The van der Waals surface area contributed by atoms with Crippen molar-refractivity contribution in [3.63, 3.8) is 0 Å². The van der Waals surface area contributed by atoms with E-state index in [-0.39, 0.29) is 17.2 Å². The summed E-state index contributed by atoms with van der Waals surface area (Å²) in [6, 6.07) is 0. The third-order valence-corrected chi connectivity index (χ3v) is 2.42. The number of nitrogens with zero attached hydrogens (tertiary/aromatic N) is 1. The Balaban J connectivity index is 2.57. The van der Waals surface area contributed by atoms with Crippen molar-refractivity contribution >= 4 is 5.97 Å². The fourth-order valence-corrected chi connectivity index (χ4v) is 2.45. The molecule has 0 amide bonds. The summed E-state index contributed by atoms with van der Waals surface area (Å²) in [4.78, 5) is 13.5. The summed E-state index contributed by atoms with van der Waals surface area (Å²) in [7, 11) is 0. The van der Waals surface area contributed by atoms with E-state index in [1.807, 2.05) is 34.6 Å². The topological polar surface area (TPSA) is 38.8 Å². The lowest BCUT2D eigenvalue weighted by molar-refractivity contribution is -0.184. The van der Waals surface area contributed by atoms with Crippen LogP contribution in [0.2, 0.25) is 0 Å². The van der Waals surface area contributed by atoms with Gasteiger partial charge in [0.15, 0.2) is 0 Å². The Kier molecular flexibility index (Phi) is 3.97. The van der Waals surface area contributed by atoms with E-state index in [9.17, 15) is 4.79 Å². The monoisotopic (exact) mass is 229 g/mol. The number of carbonyl (C=O) groups excluding carboxylic acids is 1. The molecule has 0 N–H and O–H groups in total. The minimum atomic E-state index is -0.214. The lowest BCUT2D eigenvalue weighted by Gasteiger charge is -2.46. The van der Waals surface area contributed by atoms with Gasteiger partial charge in [-0.3, -0.25) is 9.69 Å². The van der Waals surface area contributed by atoms with Gasteiger partial charge in [0, 0.05) is 13.1 Å². The summed E-state index contributed by atoms with van der Waals surface area (Å²) in [6.45, 7) is 12.3.